The molecule has 0 spiro atoms. The molecule has 0 saturated heterocycles. The van der Waals surface area contributed by atoms with Crippen molar-refractivity contribution in [3.63, 3.8) is 0 Å². The molecule has 1 aliphatic heterocycles. The summed E-state index contributed by atoms with van der Waals surface area (Å²) < 4.78 is 7.48. The summed E-state index contributed by atoms with van der Waals surface area (Å²) in [6, 6.07) is 15.7. The molecule has 0 fully saturated rings. The molecule has 0 bridgehead atoms. The van der Waals surface area contributed by atoms with E-state index >= 15 is 0 Å². The standard InChI is InChI=1S/C23H20N4O2/c28-23(21-8-4-12-29-21)27-15-18-6-1-2-7-19(18)20(16-27)22-25-10-11-26(22)14-17-5-3-9-24-13-17/h1-13,20H,14-16H2. The highest BCUT2D eigenvalue weighted by Crippen LogP contribution is 2.33. The van der Waals surface area contributed by atoms with Crippen molar-refractivity contribution >= 4 is 5.91 Å². The van der Waals surface area contributed by atoms with Gasteiger partial charge < -0.3 is 13.9 Å². The Morgan fingerprint density at radius 3 is 2.86 bits per heavy atom. The Bertz CT molecular complexity index is 1120. The molecule has 6 nitrogen and oxygen atoms in total. The van der Waals surface area contributed by atoms with E-state index in [9.17, 15) is 4.79 Å². The van der Waals surface area contributed by atoms with E-state index in [1.165, 1.54) is 11.8 Å². The molecule has 5 rings (SSSR count). The van der Waals surface area contributed by atoms with Crippen LogP contribution in [0.25, 0.3) is 0 Å². The van der Waals surface area contributed by atoms with Gasteiger partial charge in [0.15, 0.2) is 5.76 Å². The number of carbonyl (C=O) groups excluding carboxylic acids is 1. The second kappa shape index (κ2) is 7.39. The number of hydrogen-bond donors (Lipinski definition) is 0. The maximum Gasteiger partial charge on any atom is 0.289 e. The molecular weight excluding hydrogens is 364 g/mol. The van der Waals surface area contributed by atoms with Crippen molar-refractivity contribution in [2.24, 2.45) is 0 Å². The topological polar surface area (TPSA) is 64.2 Å². The molecule has 0 aliphatic carbocycles. The zero-order valence-corrected chi connectivity index (χ0v) is 15.8. The summed E-state index contributed by atoms with van der Waals surface area (Å²) in [6.45, 7) is 1.81. The minimum absolute atomic E-state index is 0.00877. The van der Waals surface area contributed by atoms with Crippen LogP contribution in [0.4, 0.5) is 0 Å². The van der Waals surface area contributed by atoms with Crippen LogP contribution in [-0.2, 0) is 13.1 Å². The average Bonchev–Trinajstić information content (AvgIpc) is 3.45. The smallest absolute Gasteiger partial charge is 0.289 e. The summed E-state index contributed by atoms with van der Waals surface area (Å²) in [7, 11) is 0. The molecule has 1 unspecified atom stereocenters. The maximum atomic E-state index is 13.0. The number of fused-ring (bicyclic) bond motifs is 1. The first-order chi connectivity index (χ1) is 14.3. The second-order valence-electron chi connectivity index (χ2n) is 7.19. The molecule has 0 saturated carbocycles. The SMILES string of the molecule is O=C(c1ccco1)N1Cc2ccccc2C(c2nccn2Cc2cccnc2)C1. The third-order valence-corrected chi connectivity index (χ3v) is 5.35. The van der Waals surface area contributed by atoms with Crippen molar-refractivity contribution in [1.29, 1.82) is 0 Å². The predicted octanol–water partition coefficient (Wildman–Crippen LogP) is 3.71. The summed E-state index contributed by atoms with van der Waals surface area (Å²) in [5.41, 5.74) is 3.47. The molecule has 6 heteroatoms. The Balaban J connectivity index is 1.51. The fraction of sp³-hybridized carbons (Fsp3) is 0.174. The lowest BCUT2D eigenvalue weighted by Gasteiger charge is -2.34. The van der Waals surface area contributed by atoms with Gasteiger partial charge in [-0.05, 0) is 34.9 Å². The van der Waals surface area contributed by atoms with Gasteiger partial charge in [-0.1, -0.05) is 30.3 Å². The molecule has 3 aromatic heterocycles. The van der Waals surface area contributed by atoms with Crippen molar-refractivity contribution in [3.8, 4) is 0 Å². The van der Waals surface area contributed by atoms with Crippen molar-refractivity contribution in [3.05, 3.63) is 108 Å². The largest absolute Gasteiger partial charge is 0.459 e. The number of pyridine rings is 1. The molecule has 1 atom stereocenters. The van der Waals surface area contributed by atoms with Gasteiger partial charge in [0.25, 0.3) is 5.91 Å². The minimum Gasteiger partial charge on any atom is -0.459 e. The van der Waals surface area contributed by atoms with Crippen molar-refractivity contribution in [1.82, 2.24) is 19.4 Å². The fourth-order valence-electron chi connectivity index (χ4n) is 3.99. The lowest BCUT2D eigenvalue weighted by molar-refractivity contribution is 0.0690. The number of hydrogen-bond acceptors (Lipinski definition) is 4. The van der Waals surface area contributed by atoms with E-state index in [0.29, 0.717) is 25.4 Å². The van der Waals surface area contributed by atoms with Crippen LogP contribution in [0.15, 0.2) is 84.0 Å². The van der Waals surface area contributed by atoms with Gasteiger partial charge in [0, 0.05) is 37.9 Å². The molecule has 4 heterocycles. The fourth-order valence-corrected chi connectivity index (χ4v) is 3.99. The highest BCUT2D eigenvalue weighted by molar-refractivity contribution is 5.91. The Morgan fingerprint density at radius 2 is 2.03 bits per heavy atom. The van der Waals surface area contributed by atoms with E-state index < -0.39 is 0 Å². The normalized spacial score (nSPS) is 15.9. The molecule has 0 radical (unpaired) electrons. The van der Waals surface area contributed by atoms with E-state index in [-0.39, 0.29) is 11.8 Å². The first-order valence-electron chi connectivity index (χ1n) is 9.60. The minimum atomic E-state index is -0.0973. The summed E-state index contributed by atoms with van der Waals surface area (Å²) in [5.74, 6) is 1.20. The molecular formula is C23H20N4O2. The first-order valence-corrected chi connectivity index (χ1v) is 9.60. The maximum absolute atomic E-state index is 13.0. The highest BCUT2D eigenvalue weighted by Gasteiger charge is 2.32. The monoisotopic (exact) mass is 384 g/mol. The van der Waals surface area contributed by atoms with Crippen molar-refractivity contribution in [2.45, 2.75) is 19.0 Å². The van der Waals surface area contributed by atoms with Gasteiger partial charge in [0.1, 0.15) is 5.82 Å². The quantitative estimate of drug-likeness (QED) is 0.538. The van der Waals surface area contributed by atoms with Crippen molar-refractivity contribution < 1.29 is 9.21 Å². The number of imidazole rings is 1. The Morgan fingerprint density at radius 1 is 1.10 bits per heavy atom. The molecule has 144 valence electrons. The van der Waals surface area contributed by atoms with Gasteiger partial charge >= 0.3 is 0 Å². The Labute approximate surface area is 168 Å². The van der Waals surface area contributed by atoms with Crippen LogP contribution >= 0.6 is 0 Å². The Kier molecular flexibility index (Phi) is 4.44. The number of nitrogens with zero attached hydrogens (tertiary/aromatic N) is 4. The molecule has 29 heavy (non-hydrogen) atoms. The number of furan rings is 1. The van der Waals surface area contributed by atoms with Crippen LogP contribution in [0.3, 0.4) is 0 Å². The number of carbonyl (C=O) groups is 1. The van der Waals surface area contributed by atoms with Gasteiger partial charge in [-0.3, -0.25) is 9.78 Å². The second-order valence-corrected chi connectivity index (χ2v) is 7.19. The summed E-state index contributed by atoms with van der Waals surface area (Å²) in [4.78, 5) is 23.7. The molecule has 4 aromatic rings. The van der Waals surface area contributed by atoms with E-state index in [1.54, 1.807) is 18.3 Å². The van der Waals surface area contributed by atoms with Crippen LogP contribution in [0, 0.1) is 0 Å². The number of benzene rings is 1. The number of aromatic nitrogens is 3. The van der Waals surface area contributed by atoms with Gasteiger partial charge in [-0.25, -0.2) is 4.98 Å². The summed E-state index contributed by atoms with van der Waals surface area (Å²) in [6.07, 6.45) is 8.97. The van der Waals surface area contributed by atoms with E-state index in [1.807, 2.05) is 41.7 Å². The molecule has 1 aromatic carbocycles. The van der Waals surface area contributed by atoms with Crippen LogP contribution < -0.4 is 0 Å². The van der Waals surface area contributed by atoms with Gasteiger partial charge in [-0.2, -0.15) is 0 Å². The average molecular weight is 384 g/mol. The van der Waals surface area contributed by atoms with Crippen LogP contribution in [-0.4, -0.2) is 31.9 Å². The van der Waals surface area contributed by atoms with Gasteiger partial charge in [0.05, 0.1) is 18.7 Å². The summed E-state index contributed by atoms with van der Waals surface area (Å²) >= 11 is 0. The molecule has 1 aliphatic rings. The Hall–Kier alpha value is -3.67. The number of amides is 1. The first kappa shape index (κ1) is 17.4. The lowest BCUT2D eigenvalue weighted by Crippen LogP contribution is -2.39. The van der Waals surface area contributed by atoms with Gasteiger partial charge in [0.2, 0.25) is 0 Å². The van der Waals surface area contributed by atoms with Crippen LogP contribution in [0.1, 0.15) is 39.0 Å². The van der Waals surface area contributed by atoms with E-state index in [0.717, 1.165) is 17.0 Å². The third kappa shape index (κ3) is 3.33. The third-order valence-electron chi connectivity index (χ3n) is 5.35. The molecule has 0 N–H and O–H groups in total. The number of rotatable bonds is 4. The zero-order valence-electron chi connectivity index (χ0n) is 15.8. The zero-order chi connectivity index (χ0) is 19.6. The predicted molar refractivity (Wildman–Crippen MR) is 107 cm³/mol. The molecule has 1 amide bonds. The highest BCUT2D eigenvalue weighted by atomic mass is 16.3. The van der Waals surface area contributed by atoms with Gasteiger partial charge in [-0.15, -0.1) is 0 Å². The van der Waals surface area contributed by atoms with E-state index in [4.69, 9.17) is 4.42 Å². The van der Waals surface area contributed by atoms with Crippen LogP contribution in [0.2, 0.25) is 0 Å². The van der Waals surface area contributed by atoms with E-state index in [2.05, 4.69) is 32.7 Å². The summed E-state index contributed by atoms with van der Waals surface area (Å²) in [5, 5.41) is 0. The van der Waals surface area contributed by atoms with Crippen LogP contribution in [0.5, 0.6) is 0 Å². The van der Waals surface area contributed by atoms with Crippen molar-refractivity contribution in [2.75, 3.05) is 6.54 Å². The lowest BCUT2D eigenvalue weighted by atomic mass is 9.88.